The summed E-state index contributed by atoms with van der Waals surface area (Å²) in [5.41, 5.74) is 0.911. The maximum absolute atomic E-state index is 11.8. The molecule has 170 valence electrons. The van der Waals surface area contributed by atoms with E-state index in [-0.39, 0.29) is 54.5 Å². The average Bonchev–Trinajstić information content (AvgIpc) is 3.12. The Hall–Kier alpha value is -0.850. The zero-order chi connectivity index (χ0) is 22.5. The number of imidazole rings is 1. The molecule has 0 radical (unpaired) electrons. The van der Waals surface area contributed by atoms with Crippen LogP contribution in [0.25, 0.3) is 0 Å². The number of aliphatic carboxylic acids is 1. The van der Waals surface area contributed by atoms with Crippen molar-refractivity contribution in [3.8, 4) is 0 Å². The van der Waals surface area contributed by atoms with Crippen molar-refractivity contribution in [2.75, 3.05) is 6.61 Å². The molecule has 0 aliphatic carbocycles. The number of hydrogen-bond donors (Lipinski definition) is 0. The number of aryl methyl sites for hydroxylation is 1. The summed E-state index contributed by atoms with van der Waals surface area (Å²) in [6.07, 6.45) is 12.1. The summed E-state index contributed by atoms with van der Waals surface area (Å²) in [6.45, 7) is 10.3. The number of carboxylic acids is 1. The normalized spacial score (nSPS) is 10.5. The van der Waals surface area contributed by atoms with Gasteiger partial charge in [-0.15, -0.1) is 0 Å². The molecule has 30 heavy (non-hydrogen) atoms. The molecule has 0 aliphatic rings. The first-order chi connectivity index (χ1) is 14.0. The monoisotopic (exact) mass is 434 g/mol. The van der Waals surface area contributed by atoms with E-state index in [4.69, 9.17) is 4.74 Å². The summed E-state index contributed by atoms with van der Waals surface area (Å²) >= 11 is 0. The van der Waals surface area contributed by atoms with E-state index >= 15 is 0 Å². The SMILES string of the molecule is CC.CC.CCCCCCCCCC(=O)OCC(CC(=O)[O-])Cc1cncn1C.[Na+]. The molecular weight excluding hydrogens is 391 g/mol. The van der Waals surface area contributed by atoms with E-state index in [0.29, 0.717) is 12.8 Å². The molecule has 0 saturated carbocycles. The molecule has 1 unspecified atom stereocenters. The fourth-order valence-corrected chi connectivity index (χ4v) is 2.81. The Balaban J connectivity index is -0.00000137. The van der Waals surface area contributed by atoms with E-state index in [1.54, 1.807) is 12.5 Å². The van der Waals surface area contributed by atoms with E-state index in [1.165, 1.54) is 25.7 Å². The molecular formula is C23H43N2NaO4. The van der Waals surface area contributed by atoms with E-state index in [9.17, 15) is 14.7 Å². The summed E-state index contributed by atoms with van der Waals surface area (Å²) in [7, 11) is 1.85. The van der Waals surface area contributed by atoms with Crippen molar-refractivity contribution < 1.29 is 49.0 Å². The van der Waals surface area contributed by atoms with Gasteiger partial charge in [-0.05, 0) is 19.3 Å². The number of aromatic nitrogens is 2. The van der Waals surface area contributed by atoms with E-state index in [0.717, 1.165) is 25.0 Å². The minimum Gasteiger partial charge on any atom is -0.550 e. The third kappa shape index (κ3) is 19.1. The summed E-state index contributed by atoms with van der Waals surface area (Å²) < 4.78 is 7.12. The van der Waals surface area contributed by atoms with Crippen LogP contribution in [0, 0.1) is 5.92 Å². The van der Waals surface area contributed by atoms with Crippen molar-refractivity contribution in [3.05, 3.63) is 18.2 Å². The summed E-state index contributed by atoms with van der Waals surface area (Å²) in [5.74, 6) is -1.67. The van der Waals surface area contributed by atoms with E-state index in [2.05, 4.69) is 11.9 Å². The third-order valence-corrected chi connectivity index (χ3v) is 4.33. The minimum atomic E-state index is -1.13. The molecule has 1 atom stereocenters. The molecule has 0 saturated heterocycles. The number of rotatable bonds is 14. The van der Waals surface area contributed by atoms with Gasteiger partial charge in [0.2, 0.25) is 0 Å². The van der Waals surface area contributed by atoms with Crippen LogP contribution in [-0.4, -0.2) is 28.1 Å². The largest absolute Gasteiger partial charge is 1.00 e. The van der Waals surface area contributed by atoms with Crippen molar-refractivity contribution >= 4 is 11.9 Å². The minimum absolute atomic E-state index is 0. The predicted octanol–water partition coefficient (Wildman–Crippen LogP) is 1.46. The number of hydrogen-bond acceptors (Lipinski definition) is 5. The molecule has 0 aliphatic heterocycles. The van der Waals surface area contributed by atoms with Crippen LogP contribution in [0.15, 0.2) is 12.5 Å². The molecule has 1 aromatic heterocycles. The van der Waals surface area contributed by atoms with Crippen LogP contribution in [0.1, 0.15) is 98.1 Å². The summed E-state index contributed by atoms with van der Waals surface area (Å²) in [6, 6.07) is 0. The van der Waals surface area contributed by atoms with Crippen LogP contribution >= 0.6 is 0 Å². The molecule has 0 bridgehead atoms. The number of carboxylic acid groups (broad SMARTS) is 1. The maximum Gasteiger partial charge on any atom is 1.00 e. The molecule has 0 aromatic carbocycles. The molecule has 1 rings (SSSR count). The summed E-state index contributed by atoms with van der Waals surface area (Å²) in [4.78, 5) is 26.8. The Morgan fingerprint density at radius 2 is 1.63 bits per heavy atom. The Kier molecular flexibility index (Phi) is 27.5. The average molecular weight is 435 g/mol. The van der Waals surface area contributed by atoms with Crippen LogP contribution in [0.2, 0.25) is 0 Å². The van der Waals surface area contributed by atoms with E-state index in [1.807, 2.05) is 39.3 Å². The molecule has 1 heterocycles. The number of nitrogens with zero attached hydrogens (tertiary/aromatic N) is 2. The second-order valence-corrected chi connectivity index (χ2v) is 6.70. The zero-order valence-corrected chi connectivity index (χ0v) is 22.5. The smallest absolute Gasteiger partial charge is 0.550 e. The van der Waals surface area contributed by atoms with Crippen LogP contribution in [0.4, 0.5) is 0 Å². The molecule has 1 aromatic rings. The summed E-state index contributed by atoms with van der Waals surface area (Å²) in [5, 5.41) is 10.9. The quantitative estimate of drug-likeness (QED) is 0.251. The van der Waals surface area contributed by atoms with Gasteiger partial charge in [-0.1, -0.05) is 73.1 Å². The van der Waals surface area contributed by atoms with Crippen LogP contribution in [-0.2, 0) is 27.8 Å². The van der Waals surface area contributed by atoms with Crippen molar-refractivity contribution in [2.45, 2.75) is 98.8 Å². The molecule has 0 N–H and O–H groups in total. The first kappa shape index (κ1) is 33.8. The van der Waals surface area contributed by atoms with Gasteiger partial charge in [0.15, 0.2) is 0 Å². The Labute approximate surface area is 206 Å². The molecule has 0 fully saturated rings. The number of carbonyl (C=O) groups is 2. The van der Waals surface area contributed by atoms with Gasteiger partial charge < -0.3 is 19.2 Å². The van der Waals surface area contributed by atoms with Crippen LogP contribution < -0.4 is 34.7 Å². The van der Waals surface area contributed by atoms with Gasteiger partial charge in [0.25, 0.3) is 0 Å². The van der Waals surface area contributed by atoms with Gasteiger partial charge in [-0.25, -0.2) is 4.98 Å². The second-order valence-electron chi connectivity index (χ2n) is 6.70. The fourth-order valence-electron chi connectivity index (χ4n) is 2.81. The molecule has 6 nitrogen and oxygen atoms in total. The second kappa shape index (κ2) is 24.4. The number of esters is 1. The van der Waals surface area contributed by atoms with Gasteiger partial charge >= 0.3 is 35.5 Å². The first-order valence-electron chi connectivity index (χ1n) is 11.3. The Morgan fingerprint density at radius 3 is 2.13 bits per heavy atom. The number of unbranched alkanes of at least 4 members (excludes halogenated alkanes) is 6. The third-order valence-electron chi connectivity index (χ3n) is 4.33. The van der Waals surface area contributed by atoms with Gasteiger partial charge in [0.1, 0.15) is 0 Å². The predicted molar refractivity (Wildman–Crippen MR) is 116 cm³/mol. The molecule has 0 amide bonds. The first-order valence-corrected chi connectivity index (χ1v) is 11.3. The van der Waals surface area contributed by atoms with Crippen LogP contribution in [0.3, 0.4) is 0 Å². The number of ether oxygens (including phenoxy) is 1. The van der Waals surface area contributed by atoms with Gasteiger partial charge in [0.05, 0.1) is 12.9 Å². The van der Waals surface area contributed by atoms with Crippen LogP contribution in [0.5, 0.6) is 0 Å². The van der Waals surface area contributed by atoms with Gasteiger partial charge in [-0.3, -0.25) is 4.79 Å². The Bertz CT molecular complexity index is 521. The van der Waals surface area contributed by atoms with Crippen molar-refractivity contribution in [3.63, 3.8) is 0 Å². The van der Waals surface area contributed by atoms with Gasteiger partial charge in [0, 0.05) is 37.2 Å². The topological polar surface area (TPSA) is 84.2 Å². The van der Waals surface area contributed by atoms with Crippen molar-refractivity contribution in [2.24, 2.45) is 13.0 Å². The van der Waals surface area contributed by atoms with Crippen molar-refractivity contribution in [1.29, 1.82) is 0 Å². The number of carbonyl (C=O) groups excluding carboxylic acids is 2. The standard InChI is InChI=1S/C19H32N2O4.2C2H6.Na/c1-3-4-5-6-7-8-9-10-19(24)25-14-16(12-18(22)23)11-17-13-20-15-21(17)2;2*1-2;/h13,15-16H,3-12,14H2,1-2H3,(H,22,23);2*1-2H3;/q;;;+1/p-1. The van der Waals surface area contributed by atoms with Gasteiger partial charge in [-0.2, -0.15) is 0 Å². The maximum atomic E-state index is 11.8. The zero-order valence-electron chi connectivity index (χ0n) is 20.5. The van der Waals surface area contributed by atoms with E-state index < -0.39 is 5.97 Å². The Morgan fingerprint density at radius 1 is 1.07 bits per heavy atom. The van der Waals surface area contributed by atoms with Crippen molar-refractivity contribution in [1.82, 2.24) is 9.55 Å². The molecule has 0 spiro atoms. The molecule has 7 heteroatoms. The fraction of sp³-hybridized carbons (Fsp3) is 0.783.